The Morgan fingerprint density at radius 1 is 1.30 bits per heavy atom. The van der Waals surface area contributed by atoms with Crippen molar-refractivity contribution in [3.05, 3.63) is 63.3 Å². The predicted molar refractivity (Wildman–Crippen MR) is 87.4 cm³/mol. The summed E-state index contributed by atoms with van der Waals surface area (Å²) in [6.45, 7) is 5.13. The normalized spacial score (nSPS) is 13.4. The maximum atomic E-state index is 12.2. The Morgan fingerprint density at radius 3 is 2.61 bits per heavy atom. The van der Waals surface area contributed by atoms with E-state index in [2.05, 4.69) is 15.3 Å². The van der Waals surface area contributed by atoms with Gasteiger partial charge in [0.15, 0.2) is 5.69 Å². The lowest BCUT2D eigenvalue weighted by molar-refractivity contribution is 0.0845. The van der Waals surface area contributed by atoms with Gasteiger partial charge >= 0.3 is 0 Å². The Labute approximate surface area is 134 Å². The van der Waals surface area contributed by atoms with Gasteiger partial charge in [-0.2, -0.15) is 0 Å². The molecule has 1 aromatic carbocycles. The van der Waals surface area contributed by atoms with Crippen molar-refractivity contribution in [2.75, 3.05) is 0 Å². The lowest BCUT2D eigenvalue weighted by atomic mass is 10.0. The molecule has 0 saturated heterocycles. The minimum Gasteiger partial charge on any atom is -0.391 e. The van der Waals surface area contributed by atoms with Crippen LogP contribution >= 0.6 is 0 Å². The molecule has 6 nitrogen and oxygen atoms in total. The van der Waals surface area contributed by atoms with Crippen LogP contribution in [0.2, 0.25) is 0 Å². The van der Waals surface area contributed by atoms with Gasteiger partial charge in [-0.3, -0.25) is 9.59 Å². The number of carbonyl (C=O) groups is 1. The van der Waals surface area contributed by atoms with Gasteiger partial charge in [0.05, 0.1) is 17.8 Å². The average Bonchev–Trinajstić information content (AvgIpc) is 2.51. The quantitative estimate of drug-likeness (QED) is 0.770. The van der Waals surface area contributed by atoms with Crippen LogP contribution in [0.3, 0.4) is 0 Å². The molecule has 1 aromatic heterocycles. The van der Waals surface area contributed by atoms with Crippen LogP contribution in [-0.4, -0.2) is 33.1 Å². The van der Waals surface area contributed by atoms with Gasteiger partial charge in [0.2, 0.25) is 0 Å². The number of aryl methyl sites for hydroxylation is 2. The van der Waals surface area contributed by atoms with Crippen LogP contribution in [0.5, 0.6) is 0 Å². The number of aromatic amines is 1. The highest BCUT2D eigenvalue weighted by atomic mass is 16.3. The number of H-pyrrole nitrogens is 1. The Hall–Kier alpha value is -2.47. The lowest BCUT2D eigenvalue weighted by Crippen LogP contribution is -2.44. The fourth-order valence-electron chi connectivity index (χ4n) is 2.18. The second-order valence-corrected chi connectivity index (χ2v) is 5.64. The number of hydrogen-bond donors (Lipinski definition) is 3. The van der Waals surface area contributed by atoms with Crippen LogP contribution in [-0.2, 0) is 6.42 Å². The monoisotopic (exact) mass is 315 g/mol. The third-order valence-electron chi connectivity index (χ3n) is 3.78. The fourth-order valence-corrected chi connectivity index (χ4v) is 2.18. The van der Waals surface area contributed by atoms with Crippen molar-refractivity contribution >= 4 is 5.91 Å². The molecule has 0 spiro atoms. The van der Waals surface area contributed by atoms with Crippen molar-refractivity contribution in [3.63, 3.8) is 0 Å². The van der Waals surface area contributed by atoms with E-state index in [-0.39, 0.29) is 5.69 Å². The van der Waals surface area contributed by atoms with Gasteiger partial charge < -0.3 is 15.4 Å². The molecule has 122 valence electrons. The van der Waals surface area contributed by atoms with Crippen molar-refractivity contribution in [3.8, 4) is 0 Å². The zero-order valence-corrected chi connectivity index (χ0v) is 13.5. The van der Waals surface area contributed by atoms with E-state index in [0.29, 0.717) is 17.8 Å². The molecule has 3 N–H and O–H groups in total. The number of aliphatic hydroxyl groups excluding tert-OH is 1. The standard InChI is InChI=1S/C17H21N3O3/c1-10-11(2)19-16(22)15(18-10)17(23)20-12(3)14(21)9-13-7-5-4-6-8-13/h4-8,12,14,21H,9H2,1-3H3,(H,19,22)(H,20,23). The first-order valence-electron chi connectivity index (χ1n) is 7.49. The minimum absolute atomic E-state index is 0.188. The largest absolute Gasteiger partial charge is 0.391 e. The van der Waals surface area contributed by atoms with Crippen LogP contribution in [0.25, 0.3) is 0 Å². The maximum absolute atomic E-state index is 12.2. The number of amides is 1. The highest BCUT2D eigenvalue weighted by molar-refractivity contribution is 5.92. The van der Waals surface area contributed by atoms with Crippen molar-refractivity contribution in [2.45, 2.75) is 39.3 Å². The third kappa shape index (κ3) is 4.26. The topological polar surface area (TPSA) is 95.1 Å². The molecule has 2 atom stereocenters. The Balaban J connectivity index is 2.05. The number of nitrogens with one attached hydrogen (secondary N) is 2. The van der Waals surface area contributed by atoms with Gasteiger partial charge in [-0.15, -0.1) is 0 Å². The first kappa shape index (κ1) is 16.9. The van der Waals surface area contributed by atoms with Crippen molar-refractivity contribution in [1.29, 1.82) is 0 Å². The second-order valence-electron chi connectivity index (χ2n) is 5.64. The zero-order chi connectivity index (χ0) is 17.0. The molecule has 2 unspecified atom stereocenters. The Bertz CT molecular complexity index is 740. The molecule has 1 heterocycles. The first-order valence-corrected chi connectivity index (χ1v) is 7.49. The summed E-state index contributed by atoms with van der Waals surface area (Å²) in [5, 5.41) is 12.8. The van der Waals surface area contributed by atoms with Crippen molar-refractivity contribution < 1.29 is 9.90 Å². The molecule has 0 aliphatic rings. The molecular formula is C17H21N3O3. The van der Waals surface area contributed by atoms with Gasteiger partial charge in [0.25, 0.3) is 11.5 Å². The first-order chi connectivity index (χ1) is 10.9. The molecule has 2 aromatic rings. The summed E-state index contributed by atoms with van der Waals surface area (Å²) < 4.78 is 0. The molecular weight excluding hydrogens is 294 g/mol. The number of aliphatic hydroxyl groups is 1. The third-order valence-corrected chi connectivity index (χ3v) is 3.78. The van der Waals surface area contributed by atoms with E-state index >= 15 is 0 Å². The number of nitrogens with zero attached hydrogens (tertiary/aromatic N) is 1. The summed E-state index contributed by atoms with van der Waals surface area (Å²) in [5.74, 6) is -0.589. The molecule has 2 rings (SSSR count). The maximum Gasteiger partial charge on any atom is 0.279 e. The summed E-state index contributed by atoms with van der Waals surface area (Å²) in [6, 6.07) is 9.00. The zero-order valence-electron chi connectivity index (χ0n) is 13.5. The van der Waals surface area contributed by atoms with Crippen molar-refractivity contribution in [2.24, 2.45) is 0 Å². The number of aromatic nitrogens is 2. The van der Waals surface area contributed by atoms with E-state index < -0.39 is 23.6 Å². The summed E-state index contributed by atoms with van der Waals surface area (Å²) in [6.07, 6.45) is -0.342. The molecule has 6 heteroatoms. The summed E-state index contributed by atoms with van der Waals surface area (Å²) in [4.78, 5) is 30.6. The molecule has 0 fully saturated rings. The van der Waals surface area contributed by atoms with E-state index in [9.17, 15) is 14.7 Å². The van der Waals surface area contributed by atoms with Crippen LogP contribution in [0.15, 0.2) is 35.1 Å². The fraction of sp³-hybridized carbons (Fsp3) is 0.353. The van der Waals surface area contributed by atoms with Gasteiger partial charge in [-0.1, -0.05) is 30.3 Å². The Kier molecular flexibility index (Phi) is 5.28. The van der Waals surface area contributed by atoms with Crippen LogP contribution in [0.1, 0.15) is 34.4 Å². The summed E-state index contributed by atoms with van der Waals surface area (Å²) >= 11 is 0. The van der Waals surface area contributed by atoms with Crippen molar-refractivity contribution in [1.82, 2.24) is 15.3 Å². The highest BCUT2D eigenvalue weighted by Crippen LogP contribution is 2.06. The van der Waals surface area contributed by atoms with E-state index in [1.165, 1.54) is 0 Å². The molecule has 1 amide bonds. The van der Waals surface area contributed by atoms with Gasteiger partial charge in [0, 0.05) is 12.1 Å². The SMILES string of the molecule is Cc1nc(C(=O)NC(C)C(O)Cc2ccccc2)c(=O)[nH]c1C. The molecule has 0 aliphatic carbocycles. The summed E-state index contributed by atoms with van der Waals surface area (Å²) in [5.41, 5.74) is 1.47. The molecule has 23 heavy (non-hydrogen) atoms. The number of benzene rings is 1. The van der Waals surface area contributed by atoms with Gasteiger partial charge in [-0.05, 0) is 26.3 Å². The molecule has 0 radical (unpaired) electrons. The van der Waals surface area contributed by atoms with E-state index in [1.54, 1.807) is 20.8 Å². The summed E-state index contributed by atoms with van der Waals surface area (Å²) in [7, 11) is 0. The number of hydrogen-bond acceptors (Lipinski definition) is 4. The minimum atomic E-state index is -0.757. The predicted octanol–water partition coefficient (Wildman–Crippen LogP) is 1.11. The number of rotatable bonds is 5. The molecule has 0 saturated carbocycles. The lowest BCUT2D eigenvalue weighted by Gasteiger charge is -2.20. The highest BCUT2D eigenvalue weighted by Gasteiger charge is 2.21. The van der Waals surface area contributed by atoms with E-state index in [1.807, 2.05) is 30.3 Å². The second kappa shape index (κ2) is 7.19. The molecule has 0 aliphatic heterocycles. The average molecular weight is 315 g/mol. The number of carbonyl (C=O) groups excluding carboxylic acids is 1. The smallest absolute Gasteiger partial charge is 0.279 e. The van der Waals surface area contributed by atoms with E-state index in [4.69, 9.17) is 0 Å². The Morgan fingerprint density at radius 2 is 1.96 bits per heavy atom. The van der Waals surface area contributed by atoms with Gasteiger partial charge in [0.1, 0.15) is 0 Å². The van der Waals surface area contributed by atoms with Crippen LogP contribution in [0.4, 0.5) is 0 Å². The van der Waals surface area contributed by atoms with Crippen LogP contribution < -0.4 is 10.9 Å². The van der Waals surface area contributed by atoms with Gasteiger partial charge in [-0.25, -0.2) is 4.98 Å². The molecule has 0 bridgehead atoms. The van der Waals surface area contributed by atoms with Crippen LogP contribution in [0, 0.1) is 13.8 Å². The van der Waals surface area contributed by atoms with E-state index in [0.717, 1.165) is 5.56 Å².